The second-order valence-electron chi connectivity index (χ2n) is 12.5. The molecule has 0 heterocycles. The minimum atomic E-state index is -4.86. The Labute approximate surface area is 317 Å². The fraction of sp³-hybridized carbons (Fsp3) is 0.211. The zero-order valence-electron chi connectivity index (χ0n) is 28.5. The second kappa shape index (κ2) is 16.6. The molecule has 0 saturated carbocycles. The van der Waals surface area contributed by atoms with Gasteiger partial charge in [0.15, 0.2) is 0 Å². The van der Waals surface area contributed by atoms with Gasteiger partial charge in [-0.15, -0.1) is 69.1 Å². The molecule has 0 spiro atoms. The standard InChI is InChI=1S/2C18H11F6.C2H6Si.2ClH.Zr/c2*1-10-5-11-3-2-4-15(16(11)6-10)12-7-13(17(19,20)21)9-14(8-12)18(22,23)24;1-3-2;;;/h2*2-9H,1H3;1-2H3;2*1H;/q2*-1;;;;+2/p-2. The topological polar surface area (TPSA) is 0 Å². The molecule has 0 aliphatic heterocycles. The normalized spacial score (nSPS) is 12.3. The average molecular weight is 903 g/mol. The maximum atomic E-state index is 13.0. The fourth-order valence-electron chi connectivity index (χ4n) is 5.49. The number of hydrogen-bond acceptors (Lipinski definition) is 0. The fourth-order valence-corrected chi connectivity index (χ4v) is 5.49. The van der Waals surface area contributed by atoms with Gasteiger partial charge in [-0.05, 0) is 47.5 Å². The first-order valence-electron chi connectivity index (χ1n) is 15.7. The summed E-state index contributed by atoms with van der Waals surface area (Å²) in [7, 11) is 11.2. The van der Waals surface area contributed by atoms with Gasteiger partial charge in [0, 0.05) is 0 Å². The van der Waals surface area contributed by atoms with Gasteiger partial charge in [-0.25, -0.2) is 0 Å². The van der Waals surface area contributed by atoms with Crippen LogP contribution in [0.3, 0.4) is 0 Å². The van der Waals surface area contributed by atoms with Gasteiger partial charge in [0.1, 0.15) is 0 Å². The van der Waals surface area contributed by atoms with Crippen molar-refractivity contribution in [2.75, 3.05) is 0 Å². The summed E-state index contributed by atoms with van der Waals surface area (Å²) in [6.45, 7) is 7.97. The van der Waals surface area contributed by atoms with Gasteiger partial charge in [-0.3, -0.25) is 0 Å². The third-order valence-electron chi connectivity index (χ3n) is 7.97. The zero-order valence-corrected chi connectivity index (χ0v) is 33.5. The number of fused-ring (bicyclic) bond motifs is 2. The Kier molecular flexibility index (Phi) is 13.4. The van der Waals surface area contributed by atoms with Crippen molar-refractivity contribution in [1.29, 1.82) is 0 Å². The third kappa shape index (κ3) is 11.0. The SMILES string of the molecule is C[Si](C)=[Zr]([Cl])[Cl].Cc1cc2c(-c3cc(C(F)(F)F)cc(C(F)(F)F)c3)cccc2[cH-]1.Cc1cc2c(-c3cc(C(F)(F)F)cc(C(F)(F)F)c3)cccc2[cH-]1. The first kappa shape index (κ1) is 43.7. The number of benzene rings is 4. The average Bonchev–Trinajstić information content (AvgIpc) is 3.63. The first-order chi connectivity index (χ1) is 24.8. The van der Waals surface area contributed by atoms with Crippen molar-refractivity contribution in [2.45, 2.75) is 51.6 Å². The monoisotopic (exact) mass is 900 g/mol. The van der Waals surface area contributed by atoms with Crippen molar-refractivity contribution < 1.29 is 70.7 Å². The van der Waals surface area contributed by atoms with E-state index < -0.39 is 64.9 Å². The summed E-state index contributed by atoms with van der Waals surface area (Å²) in [6.07, 6.45) is -19.4. The summed E-state index contributed by atoms with van der Waals surface area (Å²) >= 11 is -1.65. The molecule has 0 saturated heterocycles. The molecule has 0 atom stereocenters. The van der Waals surface area contributed by atoms with E-state index in [9.17, 15) is 52.7 Å². The van der Waals surface area contributed by atoms with Crippen LogP contribution in [0.4, 0.5) is 52.7 Å². The van der Waals surface area contributed by atoms with E-state index in [2.05, 4.69) is 13.1 Å². The Morgan fingerprint density at radius 2 is 0.759 bits per heavy atom. The van der Waals surface area contributed by atoms with Crippen molar-refractivity contribution in [1.82, 2.24) is 0 Å². The molecule has 0 fully saturated rings. The van der Waals surface area contributed by atoms with Gasteiger partial charge >= 0.3 is 78.2 Å². The molecule has 0 radical (unpaired) electrons. The van der Waals surface area contributed by atoms with Crippen LogP contribution in [0.1, 0.15) is 33.4 Å². The van der Waals surface area contributed by atoms with Crippen molar-refractivity contribution in [2.24, 2.45) is 0 Å². The van der Waals surface area contributed by atoms with E-state index in [-0.39, 0.29) is 28.7 Å². The summed E-state index contributed by atoms with van der Waals surface area (Å²) < 4.78 is 156. The van der Waals surface area contributed by atoms with Crippen molar-refractivity contribution in [3.63, 3.8) is 0 Å². The predicted molar refractivity (Wildman–Crippen MR) is 189 cm³/mol. The van der Waals surface area contributed by atoms with Crippen LogP contribution >= 0.6 is 17.0 Å². The molecule has 288 valence electrons. The summed E-state index contributed by atoms with van der Waals surface area (Å²) in [5.41, 5.74) is -3.21. The van der Waals surface area contributed by atoms with Crippen LogP contribution in [-0.4, -0.2) is 5.43 Å². The van der Waals surface area contributed by atoms with Gasteiger partial charge in [-0.2, -0.15) is 64.8 Å². The molecule has 0 aromatic heterocycles. The molecule has 0 amide bonds. The van der Waals surface area contributed by atoms with Crippen molar-refractivity contribution in [3.8, 4) is 22.3 Å². The molecule has 0 aliphatic rings. The van der Waals surface area contributed by atoms with Gasteiger partial charge in [0.25, 0.3) is 0 Å². The molecule has 0 N–H and O–H groups in total. The van der Waals surface area contributed by atoms with E-state index in [1.165, 1.54) is 12.1 Å². The smallest absolute Gasteiger partial charge is 0.166 e. The molecule has 16 heteroatoms. The van der Waals surface area contributed by atoms with E-state index in [4.69, 9.17) is 17.0 Å². The largest absolute Gasteiger partial charge is 0.416 e. The van der Waals surface area contributed by atoms with Crippen LogP contribution in [0.5, 0.6) is 0 Å². The van der Waals surface area contributed by atoms with Gasteiger partial charge in [0.2, 0.25) is 0 Å². The maximum absolute atomic E-state index is 13.0. The van der Waals surface area contributed by atoms with Gasteiger partial charge in [-0.1, -0.05) is 37.1 Å². The van der Waals surface area contributed by atoms with Crippen LogP contribution in [0.25, 0.3) is 43.8 Å². The molecule has 6 rings (SSSR count). The zero-order chi connectivity index (χ0) is 40.6. The molecular weight excluding hydrogens is 875 g/mol. The van der Waals surface area contributed by atoms with Crippen molar-refractivity contribution in [3.05, 3.63) is 130 Å². The van der Waals surface area contributed by atoms with Crippen LogP contribution in [0, 0.1) is 13.8 Å². The molecule has 0 nitrogen and oxygen atoms in total. The summed E-state index contributed by atoms with van der Waals surface area (Å²) in [5.74, 6) is 0. The number of halogens is 14. The minimum absolute atomic E-state index is 0.103. The molecule has 54 heavy (non-hydrogen) atoms. The Bertz CT molecular complexity index is 2070. The van der Waals surface area contributed by atoms with E-state index in [0.717, 1.165) is 46.2 Å². The van der Waals surface area contributed by atoms with E-state index in [1.54, 1.807) is 36.4 Å². The summed E-state index contributed by atoms with van der Waals surface area (Å²) in [5, 5.41) is 2.80. The molecule has 0 unspecified atom stereocenters. The Balaban J connectivity index is 0.000000209. The quantitative estimate of drug-likeness (QED) is 0.0923. The Morgan fingerprint density at radius 3 is 1.00 bits per heavy atom. The van der Waals surface area contributed by atoms with Crippen LogP contribution in [0.15, 0.2) is 97.1 Å². The Hall–Kier alpha value is -3.06. The molecule has 0 bridgehead atoms. The summed E-state index contributed by atoms with van der Waals surface area (Å²) in [6, 6.07) is 20.3. The van der Waals surface area contributed by atoms with Crippen LogP contribution in [0.2, 0.25) is 13.1 Å². The van der Waals surface area contributed by atoms with Crippen molar-refractivity contribution >= 4 is 44.0 Å². The molecule has 6 aromatic rings. The molecule has 0 aliphatic carbocycles. The number of alkyl halides is 12. The molecule has 6 aromatic carbocycles. The van der Waals surface area contributed by atoms with E-state index in [1.807, 2.05) is 26.0 Å². The van der Waals surface area contributed by atoms with E-state index >= 15 is 0 Å². The molecular formula is C38H28Cl2F12SiZr-2. The maximum Gasteiger partial charge on any atom is 0.416 e. The summed E-state index contributed by atoms with van der Waals surface area (Å²) in [4.78, 5) is 0. The predicted octanol–water partition coefficient (Wildman–Crippen LogP) is 15.3. The third-order valence-corrected chi connectivity index (χ3v) is 27.7. The first-order valence-corrected chi connectivity index (χ1v) is 28.2. The minimum Gasteiger partial charge on any atom is -0.166 e. The van der Waals surface area contributed by atoms with Gasteiger partial charge < -0.3 is 0 Å². The number of hydrogen-bond donors (Lipinski definition) is 0. The van der Waals surface area contributed by atoms with Gasteiger partial charge in [0.05, 0.1) is 22.3 Å². The Morgan fingerprint density at radius 1 is 0.481 bits per heavy atom. The van der Waals surface area contributed by atoms with Crippen LogP contribution in [-0.2, 0) is 42.7 Å². The second-order valence-corrected chi connectivity index (χ2v) is 35.5. The van der Waals surface area contributed by atoms with E-state index in [0.29, 0.717) is 21.9 Å². The van der Waals surface area contributed by atoms with Crippen LogP contribution < -0.4 is 0 Å². The number of aryl methyl sites for hydroxylation is 2. The number of rotatable bonds is 2.